The highest BCUT2D eigenvalue weighted by Crippen LogP contribution is 2.31. The minimum absolute atomic E-state index is 0.0213. The molecule has 0 unspecified atom stereocenters. The molecule has 1 saturated heterocycles. The maximum atomic E-state index is 14.6. The van der Waals surface area contributed by atoms with Crippen LogP contribution in [0.25, 0.3) is 16.5 Å². The van der Waals surface area contributed by atoms with Crippen LogP contribution in [0.2, 0.25) is 0 Å². The monoisotopic (exact) mass is 446 g/mol. The second kappa shape index (κ2) is 8.90. The Hall–Kier alpha value is -3.32. The molecule has 0 radical (unpaired) electrons. The number of hydrogen-bond acceptors (Lipinski definition) is 5. The van der Waals surface area contributed by atoms with E-state index in [9.17, 15) is 9.18 Å². The van der Waals surface area contributed by atoms with Crippen LogP contribution >= 0.6 is 0 Å². The van der Waals surface area contributed by atoms with Gasteiger partial charge in [0.15, 0.2) is 0 Å². The lowest BCUT2D eigenvalue weighted by atomic mass is 9.96. The van der Waals surface area contributed by atoms with E-state index in [4.69, 9.17) is 4.74 Å². The number of carbonyl (C=O) groups excluding carboxylic acids is 1. The van der Waals surface area contributed by atoms with Crippen LogP contribution in [0.1, 0.15) is 36.1 Å². The Morgan fingerprint density at radius 2 is 2.12 bits per heavy atom. The van der Waals surface area contributed by atoms with E-state index in [-0.39, 0.29) is 23.7 Å². The minimum atomic E-state index is -0.232. The van der Waals surface area contributed by atoms with Crippen molar-refractivity contribution < 1.29 is 13.9 Å². The number of amides is 1. The van der Waals surface area contributed by atoms with Gasteiger partial charge in [-0.1, -0.05) is 30.3 Å². The lowest BCUT2D eigenvalue weighted by Crippen LogP contribution is -2.46. The fourth-order valence-electron chi connectivity index (χ4n) is 4.46. The third-order valence-corrected chi connectivity index (χ3v) is 6.58. The van der Waals surface area contributed by atoms with Crippen molar-refractivity contribution >= 4 is 28.1 Å². The number of rotatable bonds is 5. The first-order valence-electron chi connectivity index (χ1n) is 11.3. The summed E-state index contributed by atoms with van der Waals surface area (Å²) in [5, 5.41) is 12.7. The number of nitrogens with one attached hydrogen (secondary N) is 1. The topological polar surface area (TPSA) is 67.4 Å². The number of fused-ring (bicyclic) bond motifs is 1. The van der Waals surface area contributed by atoms with Gasteiger partial charge in [0.05, 0.1) is 42.6 Å². The van der Waals surface area contributed by atoms with Gasteiger partial charge in [0.25, 0.3) is 0 Å². The Kier molecular flexibility index (Phi) is 5.81. The van der Waals surface area contributed by atoms with E-state index in [0.717, 1.165) is 28.6 Å². The van der Waals surface area contributed by atoms with Crippen molar-refractivity contribution in [2.75, 3.05) is 31.6 Å². The molecule has 1 atom stereocenters. The highest BCUT2D eigenvalue weighted by atomic mass is 19.1. The molecule has 5 rings (SSSR count). The minimum Gasteiger partial charge on any atom is -0.380 e. The normalized spacial score (nSPS) is 17.4. The molecule has 33 heavy (non-hydrogen) atoms. The average molecular weight is 447 g/mol. The van der Waals surface area contributed by atoms with E-state index in [0.29, 0.717) is 37.4 Å². The Morgan fingerprint density at radius 1 is 1.27 bits per heavy atom. The summed E-state index contributed by atoms with van der Waals surface area (Å²) < 4.78 is 19.8. The number of halogens is 1. The van der Waals surface area contributed by atoms with Crippen molar-refractivity contribution in [3.05, 3.63) is 71.2 Å². The Bertz CT molecular complexity index is 1240. The third kappa shape index (κ3) is 4.20. The second-order valence-corrected chi connectivity index (χ2v) is 8.83. The predicted octanol–water partition coefficient (Wildman–Crippen LogP) is 4.51. The summed E-state index contributed by atoms with van der Waals surface area (Å²) in [7, 11) is 0. The summed E-state index contributed by atoms with van der Waals surface area (Å²) in [5.74, 6) is 0.0201. The Labute approximate surface area is 192 Å². The average Bonchev–Trinajstić information content (AvgIpc) is 2.79. The highest BCUT2D eigenvalue weighted by molar-refractivity contribution is 5.93. The zero-order valence-corrected chi connectivity index (χ0v) is 18.8. The molecule has 1 amide bonds. The number of benzene rings is 2. The van der Waals surface area contributed by atoms with Crippen molar-refractivity contribution in [3.8, 4) is 0 Å². The molecule has 1 aromatic heterocycles. The van der Waals surface area contributed by atoms with Crippen LogP contribution in [-0.2, 0) is 9.53 Å². The molecule has 170 valence electrons. The fourth-order valence-corrected chi connectivity index (χ4v) is 4.46. The van der Waals surface area contributed by atoms with E-state index in [1.807, 2.05) is 30.0 Å². The Balaban J connectivity index is 1.39. The van der Waals surface area contributed by atoms with E-state index in [2.05, 4.69) is 27.7 Å². The van der Waals surface area contributed by atoms with Gasteiger partial charge in [-0.2, -0.15) is 10.2 Å². The van der Waals surface area contributed by atoms with Gasteiger partial charge in [-0.3, -0.25) is 4.79 Å². The lowest BCUT2D eigenvalue weighted by molar-refractivity contribution is -0.149. The van der Waals surface area contributed by atoms with E-state index in [1.165, 1.54) is 5.57 Å². The van der Waals surface area contributed by atoms with E-state index in [1.54, 1.807) is 25.3 Å². The first-order chi connectivity index (χ1) is 16.0. The molecule has 1 N–H and O–H groups in total. The molecule has 7 heteroatoms. The standard InChI is InChI=1S/C26H27FN4O2/c1-16-4-3-5-21(25(16)27)17(2)29-24-13-28-30-23-7-6-19(12-22(23)24)18-8-10-31(11-9-18)26(32)20-14-33-15-20/h3-8,12-13,17,20H,9-11,14-15H2,1-2H3,(H,29,30)/t17-/m1/s1. The van der Waals surface area contributed by atoms with Crippen LogP contribution in [-0.4, -0.2) is 47.3 Å². The zero-order valence-electron chi connectivity index (χ0n) is 18.8. The van der Waals surface area contributed by atoms with Crippen molar-refractivity contribution in [2.45, 2.75) is 26.3 Å². The van der Waals surface area contributed by atoms with Gasteiger partial charge in [0.1, 0.15) is 5.82 Å². The van der Waals surface area contributed by atoms with Crippen molar-refractivity contribution in [1.29, 1.82) is 0 Å². The van der Waals surface area contributed by atoms with Gasteiger partial charge in [-0.15, -0.1) is 0 Å². The molecule has 0 spiro atoms. The van der Waals surface area contributed by atoms with Crippen LogP contribution in [0, 0.1) is 18.7 Å². The Morgan fingerprint density at radius 3 is 2.85 bits per heavy atom. The number of aryl methyl sites for hydroxylation is 1. The van der Waals surface area contributed by atoms with Crippen molar-refractivity contribution in [2.24, 2.45) is 5.92 Å². The van der Waals surface area contributed by atoms with Gasteiger partial charge in [0.2, 0.25) is 5.91 Å². The van der Waals surface area contributed by atoms with E-state index >= 15 is 0 Å². The SMILES string of the molecule is Cc1cccc([C@@H](C)Nc2cnnc3ccc(C4=CCN(C(=O)C5COC5)CC4)cc23)c1F. The highest BCUT2D eigenvalue weighted by Gasteiger charge is 2.31. The van der Waals surface area contributed by atoms with Crippen molar-refractivity contribution in [1.82, 2.24) is 15.1 Å². The van der Waals surface area contributed by atoms with Crippen LogP contribution in [0.15, 0.2) is 48.7 Å². The molecule has 6 nitrogen and oxygen atoms in total. The second-order valence-electron chi connectivity index (χ2n) is 8.83. The molecule has 3 heterocycles. The summed E-state index contributed by atoms with van der Waals surface area (Å²) >= 11 is 0. The smallest absolute Gasteiger partial charge is 0.230 e. The first-order valence-corrected chi connectivity index (χ1v) is 11.3. The third-order valence-electron chi connectivity index (χ3n) is 6.58. The number of anilines is 1. The molecule has 0 bridgehead atoms. The number of aromatic nitrogens is 2. The molecule has 2 aliphatic rings. The van der Waals surface area contributed by atoms with Crippen LogP contribution in [0.5, 0.6) is 0 Å². The molecule has 0 saturated carbocycles. The number of ether oxygens (including phenoxy) is 1. The first kappa shape index (κ1) is 21.5. The summed E-state index contributed by atoms with van der Waals surface area (Å²) in [4.78, 5) is 14.4. The quantitative estimate of drug-likeness (QED) is 0.625. The van der Waals surface area contributed by atoms with Gasteiger partial charge < -0.3 is 15.0 Å². The summed E-state index contributed by atoms with van der Waals surface area (Å²) in [6, 6.07) is 11.3. The molecule has 2 aromatic carbocycles. The fraction of sp³-hybridized carbons (Fsp3) is 0.346. The molecule has 0 aliphatic carbocycles. The summed E-state index contributed by atoms with van der Waals surface area (Å²) in [5.41, 5.74) is 5.15. The number of hydrogen-bond donors (Lipinski definition) is 1. The maximum Gasteiger partial charge on any atom is 0.230 e. The van der Waals surface area contributed by atoms with Crippen LogP contribution in [0.3, 0.4) is 0 Å². The van der Waals surface area contributed by atoms with Gasteiger partial charge in [-0.25, -0.2) is 4.39 Å². The molecule has 3 aromatic rings. The summed E-state index contributed by atoms with van der Waals surface area (Å²) in [6.07, 6.45) is 4.62. The van der Waals surface area contributed by atoms with Gasteiger partial charge >= 0.3 is 0 Å². The number of carbonyl (C=O) groups is 1. The summed E-state index contributed by atoms with van der Waals surface area (Å²) in [6.45, 7) is 6.12. The van der Waals surface area contributed by atoms with Crippen molar-refractivity contribution in [3.63, 3.8) is 0 Å². The molecule has 2 aliphatic heterocycles. The van der Waals surface area contributed by atoms with Crippen LogP contribution in [0.4, 0.5) is 10.1 Å². The molecule has 1 fully saturated rings. The van der Waals surface area contributed by atoms with E-state index < -0.39 is 0 Å². The zero-order chi connectivity index (χ0) is 22.9. The van der Waals surface area contributed by atoms with Gasteiger partial charge in [-0.05, 0) is 49.1 Å². The molecular formula is C26H27FN4O2. The van der Waals surface area contributed by atoms with Crippen LogP contribution < -0.4 is 5.32 Å². The largest absolute Gasteiger partial charge is 0.380 e. The molecular weight excluding hydrogens is 419 g/mol. The predicted molar refractivity (Wildman–Crippen MR) is 126 cm³/mol. The van der Waals surface area contributed by atoms with Gasteiger partial charge in [0, 0.05) is 24.0 Å². The lowest BCUT2D eigenvalue weighted by Gasteiger charge is -2.33. The maximum absolute atomic E-state index is 14.6. The number of nitrogens with zero attached hydrogens (tertiary/aromatic N) is 3.